The molecule has 1 N–H and O–H groups in total. The summed E-state index contributed by atoms with van der Waals surface area (Å²) < 4.78 is 10.5. The number of hydrogen-bond donors (Lipinski definition) is 1. The zero-order chi connectivity index (χ0) is 21.0. The van der Waals surface area contributed by atoms with Gasteiger partial charge in [0.25, 0.3) is 0 Å². The molecule has 0 saturated carbocycles. The van der Waals surface area contributed by atoms with Gasteiger partial charge >= 0.3 is 5.97 Å². The van der Waals surface area contributed by atoms with Gasteiger partial charge in [-0.05, 0) is 71.0 Å². The average Bonchev–Trinajstić information content (AvgIpc) is 2.71. The second-order valence-corrected chi connectivity index (χ2v) is 7.20. The lowest BCUT2D eigenvalue weighted by atomic mass is 9.92. The van der Waals surface area contributed by atoms with Crippen LogP contribution in [0, 0.1) is 6.92 Å². The van der Waals surface area contributed by atoms with E-state index >= 15 is 0 Å². The molecule has 0 atom stereocenters. The number of rotatable bonds is 7. The van der Waals surface area contributed by atoms with E-state index in [1.807, 2.05) is 42.5 Å². The van der Waals surface area contributed by atoms with Gasteiger partial charge in [-0.3, -0.25) is 4.79 Å². The van der Waals surface area contributed by atoms with Gasteiger partial charge in [0, 0.05) is 6.42 Å². The molecule has 0 amide bonds. The highest BCUT2D eigenvalue weighted by Gasteiger charge is 2.12. The van der Waals surface area contributed by atoms with Gasteiger partial charge in [-0.25, -0.2) is 0 Å². The van der Waals surface area contributed by atoms with Crippen molar-refractivity contribution in [3.8, 4) is 33.8 Å². The third kappa shape index (κ3) is 4.72. The molecule has 0 unspecified atom stereocenters. The maximum Gasteiger partial charge on any atom is 0.303 e. The van der Waals surface area contributed by atoms with Crippen LogP contribution in [-0.4, -0.2) is 25.3 Å². The molecule has 0 spiro atoms. The van der Waals surface area contributed by atoms with Crippen molar-refractivity contribution in [1.29, 1.82) is 0 Å². The van der Waals surface area contributed by atoms with Gasteiger partial charge in [0.05, 0.1) is 19.2 Å². The van der Waals surface area contributed by atoms with E-state index in [-0.39, 0.29) is 6.42 Å². The van der Waals surface area contributed by atoms with Crippen molar-refractivity contribution in [1.82, 2.24) is 0 Å². The van der Waals surface area contributed by atoms with Gasteiger partial charge in [0.2, 0.25) is 0 Å². The van der Waals surface area contributed by atoms with Gasteiger partial charge in [0.15, 0.2) is 0 Å². The van der Waals surface area contributed by atoms with E-state index in [1.54, 1.807) is 14.2 Å². The van der Waals surface area contributed by atoms with Gasteiger partial charge in [-0.2, -0.15) is 0 Å². The number of methoxy groups -OCH3 is 2. The molecule has 0 aliphatic rings. The van der Waals surface area contributed by atoms with E-state index < -0.39 is 5.97 Å². The molecule has 0 aliphatic heterocycles. The Labute approximate surface area is 175 Å². The van der Waals surface area contributed by atoms with Crippen molar-refractivity contribution in [2.75, 3.05) is 14.2 Å². The van der Waals surface area contributed by atoms with Crippen molar-refractivity contribution in [2.45, 2.75) is 19.8 Å². The average molecular weight is 411 g/mol. The highest BCUT2D eigenvalue weighted by atomic mass is 35.5. The predicted molar refractivity (Wildman–Crippen MR) is 116 cm³/mol. The van der Waals surface area contributed by atoms with E-state index in [9.17, 15) is 4.79 Å². The van der Waals surface area contributed by atoms with Crippen LogP contribution in [0.25, 0.3) is 22.3 Å². The van der Waals surface area contributed by atoms with Crippen LogP contribution in [0.5, 0.6) is 11.5 Å². The standard InChI is InChI=1S/C24H23ClO4/c1-15-12-16(4-8-20(15)18-5-10-23(29-3)22(25)14-18)21-9-7-19(28-2)13-17(21)6-11-24(26)27/h4-5,7-10,12-14H,6,11H2,1-3H3,(H,26,27). The Hall–Kier alpha value is -2.98. The van der Waals surface area contributed by atoms with Crippen LogP contribution in [0.2, 0.25) is 5.02 Å². The van der Waals surface area contributed by atoms with E-state index in [4.69, 9.17) is 26.2 Å². The number of halogens is 1. The summed E-state index contributed by atoms with van der Waals surface area (Å²) in [5.74, 6) is 0.544. The van der Waals surface area contributed by atoms with Gasteiger partial charge < -0.3 is 14.6 Å². The summed E-state index contributed by atoms with van der Waals surface area (Å²) in [6.45, 7) is 2.05. The molecule has 0 bridgehead atoms. The molecule has 0 saturated heterocycles. The summed E-state index contributed by atoms with van der Waals surface area (Å²) in [4.78, 5) is 11.1. The predicted octanol–water partition coefficient (Wildman–Crippen LogP) is 6.02. The fraction of sp³-hybridized carbons (Fsp3) is 0.208. The lowest BCUT2D eigenvalue weighted by Gasteiger charge is -2.14. The van der Waals surface area contributed by atoms with Crippen LogP contribution >= 0.6 is 11.6 Å². The zero-order valence-electron chi connectivity index (χ0n) is 16.7. The molecular weight excluding hydrogens is 388 g/mol. The molecule has 0 aliphatic carbocycles. The molecule has 29 heavy (non-hydrogen) atoms. The SMILES string of the molecule is COc1ccc(-c2ccc(-c3ccc(OC)c(Cl)c3)c(C)c2)c(CCC(=O)O)c1. The van der Waals surface area contributed by atoms with E-state index in [2.05, 4.69) is 19.1 Å². The molecule has 0 aromatic heterocycles. The second-order valence-electron chi connectivity index (χ2n) is 6.80. The van der Waals surface area contributed by atoms with Crippen LogP contribution in [0.3, 0.4) is 0 Å². The monoisotopic (exact) mass is 410 g/mol. The van der Waals surface area contributed by atoms with Crippen molar-refractivity contribution >= 4 is 17.6 Å². The molecule has 150 valence electrons. The first kappa shape index (κ1) is 20.7. The van der Waals surface area contributed by atoms with Crippen molar-refractivity contribution < 1.29 is 19.4 Å². The van der Waals surface area contributed by atoms with Crippen LogP contribution in [-0.2, 0) is 11.2 Å². The van der Waals surface area contributed by atoms with Crippen molar-refractivity contribution in [3.05, 3.63) is 70.7 Å². The minimum atomic E-state index is -0.818. The van der Waals surface area contributed by atoms with Crippen LogP contribution in [0.1, 0.15) is 17.5 Å². The normalized spacial score (nSPS) is 10.6. The van der Waals surface area contributed by atoms with E-state index in [1.165, 1.54) is 0 Å². The minimum Gasteiger partial charge on any atom is -0.497 e. The summed E-state index contributed by atoms with van der Waals surface area (Å²) in [6, 6.07) is 17.7. The quantitative estimate of drug-likeness (QED) is 0.517. The van der Waals surface area contributed by atoms with Crippen molar-refractivity contribution in [2.24, 2.45) is 0 Å². The first-order valence-electron chi connectivity index (χ1n) is 9.26. The summed E-state index contributed by atoms with van der Waals surface area (Å²) in [7, 11) is 3.20. The lowest BCUT2D eigenvalue weighted by Crippen LogP contribution is -2.00. The Morgan fingerprint density at radius 1 is 0.931 bits per heavy atom. The van der Waals surface area contributed by atoms with Crippen LogP contribution in [0.15, 0.2) is 54.6 Å². The summed E-state index contributed by atoms with van der Waals surface area (Å²) in [5, 5.41) is 9.65. The Bertz CT molecular complexity index is 1040. The largest absolute Gasteiger partial charge is 0.497 e. The number of carboxylic acid groups (broad SMARTS) is 1. The maximum atomic E-state index is 11.1. The first-order valence-corrected chi connectivity index (χ1v) is 9.64. The van der Waals surface area contributed by atoms with Crippen molar-refractivity contribution in [3.63, 3.8) is 0 Å². The number of benzene rings is 3. The maximum absolute atomic E-state index is 11.1. The molecule has 0 radical (unpaired) electrons. The molecule has 0 fully saturated rings. The highest BCUT2D eigenvalue weighted by molar-refractivity contribution is 6.32. The topological polar surface area (TPSA) is 55.8 Å². The lowest BCUT2D eigenvalue weighted by molar-refractivity contribution is -0.136. The molecule has 3 aromatic carbocycles. The van der Waals surface area contributed by atoms with Crippen LogP contribution in [0.4, 0.5) is 0 Å². The fourth-order valence-corrected chi connectivity index (χ4v) is 3.67. The molecule has 3 rings (SSSR count). The van der Waals surface area contributed by atoms with E-state index in [0.717, 1.165) is 39.1 Å². The summed E-state index contributed by atoms with van der Waals surface area (Å²) >= 11 is 6.28. The van der Waals surface area contributed by atoms with E-state index in [0.29, 0.717) is 17.2 Å². The second kappa shape index (κ2) is 9.01. The summed E-state index contributed by atoms with van der Waals surface area (Å²) in [5.41, 5.74) is 6.19. The Balaban J connectivity index is 2.00. The highest BCUT2D eigenvalue weighted by Crippen LogP contribution is 2.35. The Morgan fingerprint density at radius 3 is 2.24 bits per heavy atom. The van der Waals surface area contributed by atoms with Gasteiger partial charge in [-0.15, -0.1) is 0 Å². The summed E-state index contributed by atoms with van der Waals surface area (Å²) in [6.07, 6.45) is 0.512. The third-order valence-corrected chi connectivity index (χ3v) is 5.22. The molecule has 4 nitrogen and oxygen atoms in total. The van der Waals surface area contributed by atoms with Gasteiger partial charge in [0.1, 0.15) is 11.5 Å². The Kier molecular flexibility index (Phi) is 6.45. The minimum absolute atomic E-state index is 0.0710. The van der Waals surface area contributed by atoms with Gasteiger partial charge in [-0.1, -0.05) is 41.9 Å². The number of hydrogen-bond acceptors (Lipinski definition) is 3. The molecule has 5 heteroatoms. The Morgan fingerprint density at radius 2 is 1.62 bits per heavy atom. The molecule has 3 aromatic rings. The number of aryl methyl sites for hydroxylation is 2. The zero-order valence-corrected chi connectivity index (χ0v) is 17.4. The number of carboxylic acids is 1. The first-order chi connectivity index (χ1) is 13.9. The van der Waals surface area contributed by atoms with Crippen LogP contribution < -0.4 is 9.47 Å². The number of ether oxygens (including phenoxy) is 2. The fourth-order valence-electron chi connectivity index (χ4n) is 3.42. The number of carbonyl (C=O) groups is 1. The smallest absolute Gasteiger partial charge is 0.303 e. The molecular formula is C24H23ClO4. The molecule has 0 heterocycles. The third-order valence-electron chi connectivity index (χ3n) is 4.92. The number of aliphatic carboxylic acids is 1.